The lowest BCUT2D eigenvalue weighted by molar-refractivity contribution is 0.447. The van der Waals surface area contributed by atoms with Crippen LogP contribution in [0.1, 0.15) is 12.8 Å². The largest absolute Gasteiger partial charge is 0.342 e. The first-order valence-electron chi connectivity index (χ1n) is 5.09. The highest BCUT2D eigenvalue weighted by Crippen LogP contribution is 2.22. The van der Waals surface area contributed by atoms with Crippen LogP contribution >= 0.6 is 15.9 Å². The zero-order valence-corrected chi connectivity index (χ0v) is 10.1. The number of aromatic nitrogens is 2. The molecule has 3 nitrogen and oxygen atoms in total. The maximum Gasteiger partial charge on any atom is 0.205 e. The highest BCUT2D eigenvalue weighted by atomic mass is 79.9. The summed E-state index contributed by atoms with van der Waals surface area (Å²) in [5, 5.41) is 1.11. The van der Waals surface area contributed by atoms with Crippen LogP contribution in [-0.2, 0) is 7.05 Å². The van der Waals surface area contributed by atoms with Crippen molar-refractivity contribution < 1.29 is 0 Å². The molecule has 1 aliphatic heterocycles. The Bertz CT molecular complexity index is 297. The molecule has 1 saturated heterocycles. The van der Waals surface area contributed by atoms with Crippen molar-refractivity contribution in [3.63, 3.8) is 0 Å². The van der Waals surface area contributed by atoms with Gasteiger partial charge in [0, 0.05) is 37.9 Å². The van der Waals surface area contributed by atoms with E-state index in [1.54, 1.807) is 0 Å². The monoisotopic (exact) mass is 257 g/mol. The quantitative estimate of drug-likeness (QED) is 0.757. The van der Waals surface area contributed by atoms with E-state index in [9.17, 15) is 0 Å². The predicted octanol–water partition coefficient (Wildman–Crippen LogP) is 2.03. The number of halogens is 1. The molecule has 0 saturated carbocycles. The maximum atomic E-state index is 4.38. The number of nitrogens with zero attached hydrogens (tertiary/aromatic N) is 3. The van der Waals surface area contributed by atoms with Gasteiger partial charge in [-0.05, 0) is 18.8 Å². The van der Waals surface area contributed by atoms with Crippen LogP contribution in [0.2, 0.25) is 0 Å². The van der Waals surface area contributed by atoms with Crippen LogP contribution in [0.5, 0.6) is 0 Å². The zero-order chi connectivity index (χ0) is 9.97. The van der Waals surface area contributed by atoms with Gasteiger partial charge >= 0.3 is 0 Å². The van der Waals surface area contributed by atoms with Gasteiger partial charge in [0.2, 0.25) is 5.95 Å². The van der Waals surface area contributed by atoms with Crippen LogP contribution in [0.4, 0.5) is 5.95 Å². The molecule has 0 aromatic carbocycles. The summed E-state index contributed by atoms with van der Waals surface area (Å²) in [4.78, 5) is 6.77. The summed E-state index contributed by atoms with van der Waals surface area (Å²) in [5.41, 5.74) is 0. The average Bonchev–Trinajstić information content (AvgIpc) is 2.65. The van der Waals surface area contributed by atoms with E-state index in [0.29, 0.717) is 0 Å². The minimum atomic E-state index is 0.778. The standard InChI is InChI=1S/C10H16BrN3/c1-13-6-4-12-10(13)14-5-2-3-9(7-11)8-14/h4,6,9H,2-3,5,7-8H2,1H3. The van der Waals surface area contributed by atoms with Crippen molar-refractivity contribution in [3.05, 3.63) is 12.4 Å². The summed E-state index contributed by atoms with van der Waals surface area (Å²) >= 11 is 3.57. The molecule has 0 spiro atoms. The van der Waals surface area contributed by atoms with Crippen molar-refractivity contribution in [2.45, 2.75) is 12.8 Å². The van der Waals surface area contributed by atoms with Gasteiger partial charge in [-0.25, -0.2) is 4.98 Å². The van der Waals surface area contributed by atoms with Crippen LogP contribution in [0.15, 0.2) is 12.4 Å². The minimum Gasteiger partial charge on any atom is -0.342 e. The lowest BCUT2D eigenvalue weighted by atomic mass is 10.0. The third kappa shape index (κ3) is 1.95. The van der Waals surface area contributed by atoms with Crippen LogP contribution in [-0.4, -0.2) is 28.0 Å². The van der Waals surface area contributed by atoms with Crippen molar-refractivity contribution in [1.82, 2.24) is 9.55 Å². The normalized spacial score (nSPS) is 22.7. The Hall–Kier alpha value is -0.510. The average molecular weight is 258 g/mol. The van der Waals surface area contributed by atoms with Crippen molar-refractivity contribution in [1.29, 1.82) is 0 Å². The second kappa shape index (κ2) is 4.34. The summed E-state index contributed by atoms with van der Waals surface area (Å²) < 4.78 is 2.09. The molecule has 0 amide bonds. The summed E-state index contributed by atoms with van der Waals surface area (Å²) in [7, 11) is 2.06. The Morgan fingerprint density at radius 3 is 3.14 bits per heavy atom. The van der Waals surface area contributed by atoms with E-state index in [1.165, 1.54) is 12.8 Å². The molecule has 0 N–H and O–H groups in total. The van der Waals surface area contributed by atoms with Crippen LogP contribution in [0, 0.1) is 5.92 Å². The van der Waals surface area contributed by atoms with E-state index in [4.69, 9.17) is 0 Å². The van der Waals surface area contributed by atoms with Gasteiger partial charge in [-0.3, -0.25) is 0 Å². The van der Waals surface area contributed by atoms with Crippen molar-refractivity contribution in [2.75, 3.05) is 23.3 Å². The van der Waals surface area contributed by atoms with Gasteiger partial charge in [-0.2, -0.15) is 0 Å². The number of rotatable bonds is 2. The van der Waals surface area contributed by atoms with E-state index < -0.39 is 0 Å². The first-order chi connectivity index (χ1) is 6.81. The van der Waals surface area contributed by atoms with Gasteiger partial charge in [0.15, 0.2) is 0 Å². The second-order valence-corrected chi connectivity index (χ2v) is 4.59. The number of hydrogen-bond acceptors (Lipinski definition) is 2. The molecule has 78 valence electrons. The molecule has 2 rings (SSSR count). The van der Waals surface area contributed by atoms with Crippen molar-refractivity contribution in [2.24, 2.45) is 13.0 Å². The molecule has 1 unspecified atom stereocenters. The van der Waals surface area contributed by atoms with Crippen LogP contribution < -0.4 is 4.90 Å². The Kier molecular flexibility index (Phi) is 3.11. The van der Waals surface area contributed by atoms with Crippen molar-refractivity contribution >= 4 is 21.9 Å². The number of hydrogen-bond donors (Lipinski definition) is 0. The second-order valence-electron chi connectivity index (χ2n) is 3.95. The Morgan fingerprint density at radius 2 is 2.50 bits per heavy atom. The highest BCUT2D eigenvalue weighted by Gasteiger charge is 2.21. The first kappa shape index (κ1) is 10.0. The van der Waals surface area contributed by atoms with Gasteiger partial charge in [-0.15, -0.1) is 0 Å². The fourth-order valence-corrected chi connectivity index (χ4v) is 2.56. The van der Waals surface area contributed by atoms with Gasteiger partial charge in [0.05, 0.1) is 0 Å². The summed E-state index contributed by atoms with van der Waals surface area (Å²) in [6.45, 7) is 2.28. The fraction of sp³-hybridized carbons (Fsp3) is 0.700. The molecular formula is C10H16BrN3. The summed E-state index contributed by atoms with van der Waals surface area (Å²) in [6, 6.07) is 0. The number of imidazole rings is 1. The number of piperidine rings is 1. The molecule has 1 fully saturated rings. The summed E-state index contributed by atoms with van der Waals surface area (Å²) in [6.07, 6.45) is 6.50. The maximum absolute atomic E-state index is 4.38. The van der Waals surface area contributed by atoms with Gasteiger partial charge in [0.25, 0.3) is 0 Å². The molecule has 0 aliphatic carbocycles. The highest BCUT2D eigenvalue weighted by molar-refractivity contribution is 9.09. The topological polar surface area (TPSA) is 21.1 Å². The van der Waals surface area contributed by atoms with E-state index in [0.717, 1.165) is 30.3 Å². The van der Waals surface area contributed by atoms with E-state index in [-0.39, 0.29) is 0 Å². The minimum absolute atomic E-state index is 0.778. The first-order valence-corrected chi connectivity index (χ1v) is 6.21. The number of aryl methyl sites for hydroxylation is 1. The third-order valence-corrected chi connectivity index (χ3v) is 3.73. The lowest BCUT2D eigenvalue weighted by Crippen LogP contribution is -2.37. The third-order valence-electron chi connectivity index (χ3n) is 2.82. The Labute approximate surface area is 93.2 Å². The summed E-state index contributed by atoms with van der Waals surface area (Å²) in [5.74, 6) is 1.89. The molecule has 0 radical (unpaired) electrons. The zero-order valence-electron chi connectivity index (χ0n) is 8.49. The van der Waals surface area contributed by atoms with E-state index >= 15 is 0 Å². The molecule has 4 heteroatoms. The SMILES string of the molecule is Cn1ccnc1N1CCCC(CBr)C1. The van der Waals surface area contributed by atoms with E-state index in [1.807, 2.05) is 12.4 Å². The predicted molar refractivity (Wildman–Crippen MR) is 61.9 cm³/mol. The van der Waals surface area contributed by atoms with Crippen LogP contribution in [0.3, 0.4) is 0 Å². The molecule has 1 aliphatic rings. The van der Waals surface area contributed by atoms with Gasteiger partial charge < -0.3 is 9.47 Å². The number of anilines is 1. The molecule has 14 heavy (non-hydrogen) atoms. The van der Waals surface area contributed by atoms with E-state index in [2.05, 4.69) is 37.4 Å². The molecule has 1 aromatic rings. The number of alkyl halides is 1. The molecule has 2 heterocycles. The lowest BCUT2D eigenvalue weighted by Gasteiger charge is -2.32. The molecule has 1 atom stereocenters. The van der Waals surface area contributed by atoms with Crippen LogP contribution in [0.25, 0.3) is 0 Å². The molecular weight excluding hydrogens is 242 g/mol. The Morgan fingerprint density at radius 1 is 1.64 bits per heavy atom. The smallest absolute Gasteiger partial charge is 0.205 e. The van der Waals surface area contributed by atoms with Gasteiger partial charge in [0.1, 0.15) is 0 Å². The Balaban J connectivity index is 2.08. The van der Waals surface area contributed by atoms with Crippen molar-refractivity contribution in [3.8, 4) is 0 Å². The van der Waals surface area contributed by atoms with Gasteiger partial charge in [-0.1, -0.05) is 15.9 Å². The molecule has 1 aromatic heterocycles. The fourth-order valence-electron chi connectivity index (χ4n) is 2.04. The molecule has 0 bridgehead atoms.